The lowest BCUT2D eigenvalue weighted by molar-refractivity contribution is -0.154. The molecule has 0 aliphatic heterocycles. The first kappa shape index (κ1) is 52.5. The van der Waals surface area contributed by atoms with Crippen LogP contribution < -0.4 is 5.73 Å². The third kappa shape index (κ3) is 42.5. The number of ether oxygens (including phenoxy) is 2. The Morgan fingerprint density at radius 2 is 0.830 bits per heavy atom. The predicted molar refractivity (Wildman–Crippen MR) is 224 cm³/mol. The van der Waals surface area contributed by atoms with E-state index in [1.807, 2.05) is 0 Å². The summed E-state index contributed by atoms with van der Waals surface area (Å²) in [6.45, 7) is 4.99. The number of unbranched alkanes of at least 4 members (excludes halogenated alkanes) is 32. The number of carbonyl (C=O) groups is 1. The highest BCUT2D eigenvalue weighted by Crippen LogP contribution is 2.43. The lowest BCUT2D eigenvalue weighted by Gasteiger charge is -2.20. The molecule has 0 rings (SSSR count). The maximum absolute atomic E-state index is 12.6. The van der Waals surface area contributed by atoms with Gasteiger partial charge in [-0.2, -0.15) is 0 Å². The molecule has 0 aliphatic rings. The zero-order chi connectivity index (χ0) is 38.8. The van der Waals surface area contributed by atoms with Crippen LogP contribution in [0.4, 0.5) is 0 Å². The number of phosphoric ester groups is 1. The molecule has 0 spiro atoms. The van der Waals surface area contributed by atoms with Gasteiger partial charge in [-0.25, -0.2) is 4.57 Å². The highest BCUT2D eigenvalue weighted by molar-refractivity contribution is 7.47. The van der Waals surface area contributed by atoms with Crippen molar-refractivity contribution in [3.63, 3.8) is 0 Å². The van der Waals surface area contributed by atoms with Gasteiger partial charge in [0.25, 0.3) is 0 Å². The Bertz CT molecular complexity index is 787. The van der Waals surface area contributed by atoms with E-state index in [1.165, 1.54) is 186 Å². The van der Waals surface area contributed by atoms with Crippen LogP contribution in [0.2, 0.25) is 0 Å². The van der Waals surface area contributed by atoms with Crippen molar-refractivity contribution in [2.75, 3.05) is 33.0 Å². The molecule has 0 radical (unpaired) electrons. The van der Waals surface area contributed by atoms with Crippen molar-refractivity contribution in [3.8, 4) is 0 Å². The van der Waals surface area contributed by atoms with E-state index in [9.17, 15) is 14.3 Å². The summed E-state index contributed by atoms with van der Waals surface area (Å²) in [4.78, 5) is 22.5. The SMILES string of the molecule is CCCCCCCCCCCCCCCCCCCCCCCC(=O)OC(COCCCCCCCCCCCCCCC)COP(=O)(O)OCCN. The number of carbonyl (C=O) groups excluding carboxylic acids is 1. The molecule has 0 saturated carbocycles. The summed E-state index contributed by atoms with van der Waals surface area (Å²) in [6, 6.07) is 0. The molecule has 0 aromatic rings. The molecule has 3 N–H and O–H groups in total. The summed E-state index contributed by atoms with van der Waals surface area (Å²) in [5, 5.41) is 0. The molecular formula is C44H90NO7P. The first-order valence-electron chi connectivity index (χ1n) is 23.0. The van der Waals surface area contributed by atoms with Gasteiger partial charge in [-0.3, -0.25) is 13.8 Å². The first-order valence-corrected chi connectivity index (χ1v) is 24.5. The van der Waals surface area contributed by atoms with Crippen molar-refractivity contribution in [1.29, 1.82) is 0 Å². The Hall–Kier alpha value is -0.500. The van der Waals surface area contributed by atoms with Crippen LogP contribution in [0.3, 0.4) is 0 Å². The summed E-state index contributed by atoms with van der Waals surface area (Å²) < 4.78 is 33.5. The Morgan fingerprint density at radius 1 is 0.491 bits per heavy atom. The van der Waals surface area contributed by atoms with Gasteiger partial charge in [0.15, 0.2) is 0 Å². The number of rotatable bonds is 45. The van der Waals surface area contributed by atoms with Gasteiger partial charge < -0.3 is 20.1 Å². The first-order chi connectivity index (χ1) is 25.9. The van der Waals surface area contributed by atoms with Crippen molar-refractivity contribution >= 4 is 13.8 Å². The Morgan fingerprint density at radius 3 is 1.19 bits per heavy atom. The third-order valence-corrected chi connectivity index (χ3v) is 11.3. The molecule has 9 heteroatoms. The highest BCUT2D eigenvalue weighted by Gasteiger charge is 2.25. The van der Waals surface area contributed by atoms with Crippen LogP contribution in [0, 0.1) is 0 Å². The summed E-state index contributed by atoms with van der Waals surface area (Å²) in [5.41, 5.74) is 5.37. The molecule has 318 valence electrons. The van der Waals surface area contributed by atoms with Gasteiger partial charge in [-0.15, -0.1) is 0 Å². The molecule has 53 heavy (non-hydrogen) atoms. The molecule has 0 aromatic carbocycles. The van der Waals surface area contributed by atoms with Crippen LogP contribution in [0.15, 0.2) is 0 Å². The average Bonchev–Trinajstić information content (AvgIpc) is 3.15. The highest BCUT2D eigenvalue weighted by atomic mass is 31.2. The molecule has 2 atom stereocenters. The van der Waals surface area contributed by atoms with Crippen LogP contribution in [-0.2, 0) is 27.9 Å². The summed E-state index contributed by atoms with van der Waals surface area (Å²) in [7, 11) is -4.27. The lowest BCUT2D eigenvalue weighted by atomic mass is 10.0. The maximum atomic E-state index is 12.6. The van der Waals surface area contributed by atoms with Crippen LogP contribution in [0.1, 0.15) is 239 Å². The molecule has 0 aromatic heterocycles. The second kappa shape index (κ2) is 42.6. The van der Waals surface area contributed by atoms with Gasteiger partial charge in [0.1, 0.15) is 6.10 Å². The minimum absolute atomic E-state index is 0.0900. The van der Waals surface area contributed by atoms with Gasteiger partial charge in [-0.05, 0) is 12.8 Å². The van der Waals surface area contributed by atoms with E-state index in [1.54, 1.807) is 0 Å². The fourth-order valence-electron chi connectivity index (χ4n) is 6.88. The van der Waals surface area contributed by atoms with E-state index < -0.39 is 13.9 Å². The van der Waals surface area contributed by atoms with Crippen LogP contribution in [0.25, 0.3) is 0 Å². The number of phosphoric acid groups is 1. The second-order valence-electron chi connectivity index (χ2n) is 15.6. The summed E-state index contributed by atoms with van der Waals surface area (Å²) in [6.07, 6.45) is 44.1. The molecule has 0 bridgehead atoms. The van der Waals surface area contributed by atoms with Crippen LogP contribution >= 0.6 is 7.82 Å². The van der Waals surface area contributed by atoms with E-state index in [-0.39, 0.29) is 32.3 Å². The molecule has 2 unspecified atom stereocenters. The standard InChI is InChI=1S/C44H90NO7P/c1-3-5-7-9-11-13-15-17-18-19-20-21-22-23-24-25-27-29-31-33-35-37-44(46)52-43(42-51-53(47,48)50-40-38-45)41-49-39-36-34-32-30-28-26-16-14-12-10-8-6-4-2/h43H,3-42,45H2,1-2H3,(H,47,48). The fourth-order valence-corrected chi connectivity index (χ4v) is 7.65. The van der Waals surface area contributed by atoms with Gasteiger partial charge in [-0.1, -0.05) is 219 Å². The van der Waals surface area contributed by atoms with Crippen molar-refractivity contribution in [2.24, 2.45) is 5.73 Å². The summed E-state index contributed by atoms with van der Waals surface area (Å²) in [5.74, 6) is -0.323. The molecule has 8 nitrogen and oxygen atoms in total. The number of nitrogens with two attached hydrogens (primary N) is 1. The van der Waals surface area contributed by atoms with Crippen molar-refractivity contribution in [3.05, 3.63) is 0 Å². The largest absolute Gasteiger partial charge is 0.472 e. The maximum Gasteiger partial charge on any atom is 0.472 e. The average molecular weight is 776 g/mol. The van der Waals surface area contributed by atoms with Gasteiger partial charge >= 0.3 is 13.8 Å². The fraction of sp³-hybridized carbons (Fsp3) is 0.977. The smallest absolute Gasteiger partial charge is 0.457 e. The zero-order valence-corrected chi connectivity index (χ0v) is 36.2. The Kier molecular flexibility index (Phi) is 42.2. The van der Waals surface area contributed by atoms with E-state index in [2.05, 4.69) is 13.8 Å². The molecule has 0 saturated heterocycles. The van der Waals surface area contributed by atoms with E-state index >= 15 is 0 Å². The lowest BCUT2D eigenvalue weighted by Crippen LogP contribution is -2.28. The minimum Gasteiger partial charge on any atom is -0.457 e. The van der Waals surface area contributed by atoms with Crippen LogP contribution in [-0.4, -0.2) is 49.9 Å². The molecule has 0 heterocycles. The third-order valence-electron chi connectivity index (χ3n) is 10.3. The predicted octanol–water partition coefficient (Wildman–Crippen LogP) is 13.7. The van der Waals surface area contributed by atoms with Crippen molar-refractivity contribution in [1.82, 2.24) is 0 Å². The molecule has 0 aliphatic carbocycles. The zero-order valence-electron chi connectivity index (χ0n) is 35.3. The topological polar surface area (TPSA) is 117 Å². The minimum atomic E-state index is -4.27. The normalized spacial score (nSPS) is 13.4. The van der Waals surface area contributed by atoms with Crippen molar-refractivity contribution in [2.45, 2.75) is 245 Å². The molecule has 0 fully saturated rings. The quantitative estimate of drug-likeness (QED) is 0.0357. The van der Waals surface area contributed by atoms with E-state index in [4.69, 9.17) is 24.3 Å². The second-order valence-corrected chi connectivity index (χ2v) is 17.1. The van der Waals surface area contributed by atoms with Crippen molar-refractivity contribution < 1.29 is 32.8 Å². The molecular weight excluding hydrogens is 685 g/mol. The number of hydrogen-bond acceptors (Lipinski definition) is 7. The summed E-state index contributed by atoms with van der Waals surface area (Å²) >= 11 is 0. The van der Waals surface area contributed by atoms with Gasteiger partial charge in [0.2, 0.25) is 0 Å². The Balaban J connectivity index is 3.90. The van der Waals surface area contributed by atoms with E-state index in [0.717, 1.165) is 32.1 Å². The number of esters is 1. The monoisotopic (exact) mass is 776 g/mol. The Labute approximate surface area is 329 Å². The van der Waals surface area contributed by atoms with Gasteiger partial charge in [0, 0.05) is 19.6 Å². The van der Waals surface area contributed by atoms with E-state index in [0.29, 0.717) is 13.0 Å². The number of hydrogen-bond donors (Lipinski definition) is 2. The van der Waals surface area contributed by atoms with Gasteiger partial charge in [0.05, 0.1) is 19.8 Å². The van der Waals surface area contributed by atoms with Crippen LogP contribution in [0.5, 0.6) is 0 Å². The molecule has 0 amide bonds.